The van der Waals surface area contributed by atoms with Crippen molar-refractivity contribution in [3.8, 4) is 0 Å². The predicted molar refractivity (Wildman–Crippen MR) is 67.9 cm³/mol. The van der Waals surface area contributed by atoms with Crippen molar-refractivity contribution < 1.29 is 0 Å². The zero-order valence-corrected chi connectivity index (χ0v) is 10.5. The molecule has 0 aromatic carbocycles. The number of nitrogens with zero attached hydrogens (tertiary/aromatic N) is 3. The number of nitrogens with one attached hydrogen (secondary N) is 1. The number of rotatable bonds is 5. The normalized spacial score (nSPS) is 10.7. The number of hydrogen-bond donors (Lipinski definition) is 1. The van der Waals surface area contributed by atoms with Gasteiger partial charge in [-0.05, 0) is 19.1 Å². The van der Waals surface area contributed by atoms with Crippen LogP contribution in [0.25, 0.3) is 0 Å². The Morgan fingerprint density at radius 3 is 2.94 bits per heavy atom. The van der Waals surface area contributed by atoms with Gasteiger partial charge in [0.2, 0.25) is 0 Å². The Morgan fingerprint density at radius 2 is 2.29 bits per heavy atom. The van der Waals surface area contributed by atoms with Gasteiger partial charge in [0.15, 0.2) is 0 Å². The van der Waals surface area contributed by atoms with E-state index < -0.39 is 0 Å². The molecule has 0 aliphatic rings. The summed E-state index contributed by atoms with van der Waals surface area (Å²) in [4.78, 5) is 4.24. The monoisotopic (exact) mass is 250 g/mol. The minimum atomic E-state index is 0.717. The molecule has 0 aliphatic heterocycles. The van der Waals surface area contributed by atoms with Crippen molar-refractivity contribution in [3.05, 3.63) is 47.0 Å². The molecule has 2 aromatic heterocycles. The highest BCUT2D eigenvalue weighted by Crippen LogP contribution is 2.11. The Bertz CT molecular complexity index is 447. The second-order valence-corrected chi connectivity index (χ2v) is 4.23. The second-order valence-electron chi connectivity index (χ2n) is 3.82. The van der Waals surface area contributed by atoms with Crippen LogP contribution in [0.3, 0.4) is 0 Å². The van der Waals surface area contributed by atoms with Crippen LogP contribution in [0.2, 0.25) is 5.02 Å². The lowest BCUT2D eigenvalue weighted by atomic mass is 10.3. The van der Waals surface area contributed by atoms with Crippen LogP contribution >= 0.6 is 11.6 Å². The largest absolute Gasteiger partial charge is 0.309 e. The van der Waals surface area contributed by atoms with Gasteiger partial charge in [0.1, 0.15) is 0 Å². The Morgan fingerprint density at radius 1 is 1.41 bits per heavy atom. The Balaban J connectivity index is 1.73. The third-order valence-electron chi connectivity index (χ3n) is 2.44. The summed E-state index contributed by atoms with van der Waals surface area (Å²) in [7, 11) is 0. The van der Waals surface area contributed by atoms with Gasteiger partial charge in [-0.25, -0.2) is 0 Å². The van der Waals surface area contributed by atoms with E-state index in [1.165, 1.54) is 0 Å². The van der Waals surface area contributed by atoms with Crippen LogP contribution in [0.15, 0.2) is 30.6 Å². The third kappa shape index (κ3) is 3.54. The molecule has 4 nitrogen and oxygen atoms in total. The van der Waals surface area contributed by atoms with Crippen LogP contribution < -0.4 is 5.32 Å². The zero-order valence-electron chi connectivity index (χ0n) is 9.73. The van der Waals surface area contributed by atoms with Crippen molar-refractivity contribution in [3.63, 3.8) is 0 Å². The van der Waals surface area contributed by atoms with E-state index in [1.807, 2.05) is 36.0 Å². The average Bonchev–Trinajstić information content (AvgIpc) is 2.66. The highest BCUT2D eigenvalue weighted by molar-refractivity contribution is 6.31. The lowest BCUT2D eigenvalue weighted by molar-refractivity contribution is 0.549. The van der Waals surface area contributed by atoms with Crippen LogP contribution in [0.5, 0.6) is 0 Å². The minimum Gasteiger partial charge on any atom is -0.309 e. The summed E-state index contributed by atoms with van der Waals surface area (Å²) in [5.41, 5.74) is 1.92. The summed E-state index contributed by atoms with van der Waals surface area (Å²) in [6.07, 6.45) is 3.65. The van der Waals surface area contributed by atoms with E-state index >= 15 is 0 Å². The van der Waals surface area contributed by atoms with Crippen molar-refractivity contribution in [2.24, 2.45) is 0 Å². The molecule has 0 aliphatic carbocycles. The van der Waals surface area contributed by atoms with E-state index in [9.17, 15) is 0 Å². The van der Waals surface area contributed by atoms with Crippen molar-refractivity contribution in [1.82, 2.24) is 20.1 Å². The maximum absolute atomic E-state index is 5.92. The van der Waals surface area contributed by atoms with Crippen LogP contribution in [-0.4, -0.2) is 21.3 Å². The Kier molecular flexibility index (Phi) is 4.12. The molecule has 5 heteroatoms. The summed E-state index contributed by atoms with van der Waals surface area (Å²) in [5.74, 6) is 0. The number of hydrogen-bond acceptors (Lipinski definition) is 3. The van der Waals surface area contributed by atoms with Gasteiger partial charge in [-0.1, -0.05) is 17.7 Å². The predicted octanol–water partition coefficient (Wildman–Crippen LogP) is 2.03. The van der Waals surface area contributed by atoms with E-state index in [2.05, 4.69) is 15.4 Å². The van der Waals surface area contributed by atoms with E-state index in [0.29, 0.717) is 0 Å². The molecule has 0 radical (unpaired) electrons. The van der Waals surface area contributed by atoms with Gasteiger partial charge < -0.3 is 5.32 Å². The SMILES string of the molecule is Cc1nn(CCNCc2ccccn2)cc1Cl. The van der Waals surface area contributed by atoms with Gasteiger partial charge in [-0.2, -0.15) is 5.10 Å². The van der Waals surface area contributed by atoms with Crippen molar-refractivity contribution in [1.29, 1.82) is 0 Å². The molecule has 1 N–H and O–H groups in total. The van der Waals surface area contributed by atoms with Crippen molar-refractivity contribution >= 4 is 11.6 Å². The molecule has 0 atom stereocenters. The van der Waals surface area contributed by atoms with Gasteiger partial charge in [0.05, 0.1) is 23.0 Å². The fraction of sp³-hybridized carbons (Fsp3) is 0.333. The maximum Gasteiger partial charge on any atom is 0.0814 e. The smallest absolute Gasteiger partial charge is 0.0814 e. The molecule has 0 spiro atoms. The maximum atomic E-state index is 5.92. The highest BCUT2D eigenvalue weighted by Gasteiger charge is 2.00. The third-order valence-corrected chi connectivity index (χ3v) is 2.81. The van der Waals surface area contributed by atoms with Gasteiger partial charge in [0, 0.05) is 25.5 Å². The van der Waals surface area contributed by atoms with Crippen LogP contribution in [0.1, 0.15) is 11.4 Å². The Hall–Kier alpha value is -1.39. The minimum absolute atomic E-state index is 0.717. The molecule has 0 unspecified atom stereocenters. The molecule has 0 bridgehead atoms. The average molecular weight is 251 g/mol. The first-order valence-corrected chi connectivity index (χ1v) is 5.93. The molecule has 0 saturated heterocycles. The molecule has 2 rings (SSSR count). The van der Waals surface area contributed by atoms with Gasteiger partial charge >= 0.3 is 0 Å². The summed E-state index contributed by atoms with van der Waals surface area (Å²) in [6.45, 7) is 4.32. The lowest BCUT2D eigenvalue weighted by Gasteiger charge is -2.04. The zero-order chi connectivity index (χ0) is 12.1. The molecular formula is C12H15ClN4. The van der Waals surface area contributed by atoms with Crippen LogP contribution in [-0.2, 0) is 13.1 Å². The molecule has 90 valence electrons. The number of aryl methyl sites for hydroxylation is 1. The molecule has 0 amide bonds. The molecule has 2 heterocycles. The van der Waals surface area contributed by atoms with Crippen molar-refractivity contribution in [2.75, 3.05) is 6.54 Å². The topological polar surface area (TPSA) is 42.7 Å². The molecule has 0 saturated carbocycles. The van der Waals surface area contributed by atoms with E-state index in [4.69, 9.17) is 11.6 Å². The van der Waals surface area contributed by atoms with E-state index in [-0.39, 0.29) is 0 Å². The molecule has 2 aromatic rings. The fourth-order valence-electron chi connectivity index (χ4n) is 1.52. The fourth-order valence-corrected chi connectivity index (χ4v) is 1.67. The molecule has 17 heavy (non-hydrogen) atoms. The summed E-state index contributed by atoms with van der Waals surface area (Å²) < 4.78 is 1.85. The number of aromatic nitrogens is 3. The first-order valence-electron chi connectivity index (χ1n) is 5.56. The summed E-state index contributed by atoms with van der Waals surface area (Å²) in [5, 5.41) is 8.31. The number of halogens is 1. The first kappa shape index (κ1) is 12.1. The molecule has 0 fully saturated rings. The van der Waals surface area contributed by atoms with Gasteiger partial charge in [-0.3, -0.25) is 9.67 Å². The first-order chi connectivity index (χ1) is 8.25. The highest BCUT2D eigenvalue weighted by atomic mass is 35.5. The van der Waals surface area contributed by atoms with Crippen molar-refractivity contribution in [2.45, 2.75) is 20.0 Å². The van der Waals surface area contributed by atoms with Gasteiger partial charge in [-0.15, -0.1) is 0 Å². The van der Waals surface area contributed by atoms with E-state index in [1.54, 1.807) is 6.20 Å². The Labute approximate surface area is 106 Å². The summed E-state index contributed by atoms with van der Waals surface area (Å²) >= 11 is 5.92. The lowest BCUT2D eigenvalue weighted by Crippen LogP contribution is -2.20. The van der Waals surface area contributed by atoms with E-state index in [0.717, 1.165) is 36.0 Å². The number of pyridine rings is 1. The second kappa shape index (κ2) is 5.80. The summed E-state index contributed by atoms with van der Waals surface area (Å²) in [6, 6.07) is 5.90. The molecular weight excluding hydrogens is 236 g/mol. The van der Waals surface area contributed by atoms with Crippen LogP contribution in [0, 0.1) is 6.92 Å². The standard InChI is InChI=1S/C12H15ClN4/c1-10-12(13)9-17(16-10)7-6-14-8-11-4-2-3-5-15-11/h2-5,9,14H,6-8H2,1H3. The van der Waals surface area contributed by atoms with Crippen LogP contribution in [0.4, 0.5) is 0 Å². The van der Waals surface area contributed by atoms with Gasteiger partial charge in [0.25, 0.3) is 0 Å². The quantitative estimate of drug-likeness (QED) is 0.826.